The Balaban J connectivity index is 1.79. The summed E-state index contributed by atoms with van der Waals surface area (Å²) in [6.45, 7) is 3.28. The van der Waals surface area contributed by atoms with Crippen molar-refractivity contribution < 1.29 is 19.0 Å². The van der Waals surface area contributed by atoms with E-state index < -0.39 is 5.97 Å². The normalized spacial score (nSPS) is 17.4. The van der Waals surface area contributed by atoms with E-state index in [4.69, 9.17) is 4.74 Å². The molecule has 27 heavy (non-hydrogen) atoms. The Morgan fingerprint density at radius 1 is 1.33 bits per heavy atom. The molecule has 8 heteroatoms. The minimum atomic E-state index is -1.03. The van der Waals surface area contributed by atoms with Gasteiger partial charge in [0.05, 0.1) is 23.4 Å². The molecule has 0 spiro atoms. The van der Waals surface area contributed by atoms with E-state index in [0.717, 1.165) is 16.6 Å². The molecule has 1 N–H and O–H groups in total. The van der Waals surface area contributed by atoms with Gasteiger partial charge in [0, 0.05) is 26.3 Å². The first-order chi connectivity index (χ1) is 13.0. The Bertz CT molecular complexity index is 1020. The zero-order chi connectivity index (χ0) is 19.1. The van der Waals surface area contributed by atoms with Crippen LogP contribution in [0.2, 0.25) is 0 Å². The molecule has 0 bridgehead atoms. The number of hydrogen-bond donors (Lipinski definition) is 1. The van der Waals surface area contributed by atoms with Crippen molar-refractivity contribution >= 4 is 22.7 Å². The number of morpholine rings is 1. The molecule has 3 aromatic rings. The van der Waals surface area contributed by atoms with E-state index in [-0.39, 0.29) is 17.5 Å². The molecule has 0 amide bonds. The molecule has 1 atom stereocenters. The van der Waals surface area contributed by atoms with Crippen LogP contribution in [0.25, 0.3) is 11.0 Å². The molecule has 4 rings (SSSR count). The quantitative estimate of drug-likeness (QED) is 0.764. The zero-order valence-corrected chi connectivity index (χ0v) is 15.0. The SMILES string of the molecule is Cc1nn(C)c2ncc(C(=O)O)c(N3CCOC(c4ccc(F)cc4)C3)c12. The van der Waals surface area contributed by atoms with Crippen molar-refractivity contribution in [3.05, 3.63) is 53.1 Å². The maximum absolute atomic E-state index is 13.2. The van der Waals surface area contributed by atoms with Gasteiger partial charge in [-0.1, -0.05) is 12.1 Å². The van der Waals surface area contributed by atoms with Gasteiger partial charge in [-0.2, -0.15) is 5.10 Å². The number of pyridine rings is 1. The maximum atomic E-state index is 13.2. The molecule has 140 valence electrons. The first-order valence-corrected chi connectivity index (χ1v) is 8.63. The van der Waals surface area contributed by atoms with E-state index in [9.17, 15) is 14.3 Å². The van der Waals surface area contributed by atoms with Crippen LogP contribution in [-0.4, -0.2) is 45.5 Å². The number of anilines is 1. The molecule has 2 aromatic heterocycles. The summed E-state index contributed by atoms with van der Waals surface area (Å²) in [4.78, 5) is 18.1. The molecular weight excluding hydrogens is 351 g/mol. The van der Waals surface area contributed by atoms with Gasteiger partial charge in [0.15, 0.2) is 5.65 Å². The third kappa shape index (κ3) is 3.02. The molecule has 1 fully saturated rings. The van der Waals surface area contributed by atoms with Gasteiger partial charge in [-0.05, 0) is 24.6 Å². The van der Waals surface area contributed by atoms with Crippen LogP contribution in [0, 0.1) is 12.7 Å². The summed E-state index contributed by atoms with van der Waals surface area (Å²) in [6, 6.07) is 6.19. The summed E-state index contributed by atoms with van der Waals surface area (Å²) in [5.74, 6) is -1.34. The first kappa shape index (κ1) is 17.4. The highest BCUT2D eigenvalue weighted by atomic mass is 19.1. The second-order valence-corrected chi connectivity index (χ2v) is 6.59. The van der Waals surface area contributed by atoms with Gasteiger partial charge in [0.25, 0.3) is 0 Å². The van der Waals surface area contributed by atoms with Gasteiger partial charge in [-0.15, -0.1) is 0 Å². The number of aryl methyl sites for hydroxylation is 2. The van der Waals surface area contributed by atoms with E-state index in [1.165, 1.54) is 18.3 Å². The van der Waals surface area contributed by atoms with Gasteiger partial charge < -0.3 is 14.7 Å². The monoisotopic (exact) mass is 370 g/mol. The highest BCUT2D eigenvalue weighted by Crippen LogP contribution is 2.35. The van der Waals surface area contributed by atoms with Crippen molar-refractivity contribution in [2.24, 2.45) is 7.05 Å². The van der Waals surface area contributed by atoms with Crippen molar-refractivity contribution in [1.29, 1.82) is 0 Å². The maximum Gasteiger partial charge on any atom is 0.339 e. The van der Waals surface area contributed by atoms with E-state index in [2.05, 4.69) is 10.1 Å². The Morgan fingerprint density at radius 2 is 2.07 bits per heavy atom. The lowest BCUT2D eigenvalue weighted by molar-refractivity contribution is 0.0396. The number of nitrogens with zero attached hydrogens (tertiary/aromatic N) is 4. The van der Waals surface area contributed by atoms with Crippen molar-refractivity contribution in [1.82, 2.24) is 14.8 Å². The van der Waals surface area contributed by atoms with Crippen LogP contribution >= 0.6 is 0 Å². The average molecular weight is 370 g/mol. The highest BCUT2D eigenvalue weighted by Gasteiger charge is 2.29. The molecule has 7 nitrogen and oxygen atoms in total. The summed E-state index contributed by atoms with van der Waals surface area (Å²) in [7, 11) is 1.78. The number of aromatic carboxylic acids is 1. The predicted molar refractivity (Wildman–Crippen MR) is 97.5 cm³/mol. The number of fused-ring (bicyclic) bond motifs is 1. The lowest BCUT2D eigenvalue weighted by atomic mass is 10.0. The lowest BCUT2D eigenvalue weighted by Gasteiger charge is -2.35. The number of halogens is 1. The summed E-state index contributed by atoms with van der Waals surface area (Å²) in [5.41, 5.74) is 2.96. The number of carboxylic acids is 1. The van der Waals surface area contributed by atoms with Crippen LogP contribution in [0.5, 0.6) is 0 Å². The molecule has 1 unspecified atom stereocenters. The van der Waals surface area contributed by atoms with E-state index in [1.807, 2.05) is 11.8 Å². The number of rotatable bonds is 3. The third-order valence-corrected chi connectivity index (χ3v) is 4.85. The van der Waals surface area contributed by atoms with E-state index in [0.29, 0.717) is 31.0 Å². The molecular formula is C19H19FN4O3. The number of carbonyl (C=O) groups is 1. The van der Waals surface area contributed by atoms with Gasteiger partial charge in [0.1, 0.15) is 17.5 Å². The smallest absolute Gasteiger partial charge is 0.339 e. The van der Waals surface area contributed by atoms with Crippen molar-refractivity contribution in [3.8, 4) is 0 Å². The Labute approximate surface area is 155 Å². The van der Waals surface area contributed by atoms with Gasteiger partial charge in [-0.25, -0.2) is 14.2 Å². The molecule has 1 aliphatic rings. The van der Waals surface area contributed by atoms with Crippen LogP contribution in [0.1, 0.15) is 27.7 Å². The van der Waals surface area contributed by atoms with Crippen molar-refractivity contribution in [2.45, 2.75) is 13.0 Å². The average Bonchev–Trinajstić information content (AvgIpc) is 2.95. The molecule has 0 saturated carbocycles. The minimum absolute atomic E-state index is 0.137. The zero-order valence-electron chi connectivity index (χ0n) is 15.0. The molecule has 0 radical (unpaired) electrons. The van der Waals surface area contributed by atoms with E-state index >= 15 is 0 Å². The summed E-state index contributed by atoms with van der Waals surface area (Å²) >= 11 is 0. The van der Waals surface area contributed by atoms with Crippen LogP contribution in [0.15, 0.2) is 30.5 Å². The Morgan fingerprint density at radius 3 is 2.78 bits per heavy atom. The minimum Gasteiger partial charge on any atom is -0.478 e. The van der Waals surface area contributed by atoms with E-state index in [1.54, 1.807) is 23.9 Å². The number of carboxylic acid groups (broad SMARTS) is 1. The Hall–Kier alpha value is -3.00. The van der Waals surface area contributed by atoms with Crippen LogP contribution in [-0.2, 0) is 11.8 Å². The van der Waals surface area contributed by atoms with Crippen LogP contribution in [0.3, 0.4) is 0 Å². The van der Waals surface area contributed by atoms with Gasteiger partial charge in [0.2, 0.25) is 0 Å². The van der Waals surface area contributed by atoms with Crippen molar-refractivity contribution in [3.63, 3.8) is 0 Å². The summed E-state index contributed by atoms with van der Waals surface area (Å²) < 4.78 is 20.7. The number of benzene rings is 1. The fourth-order valence-electron chi connectivity index (χ4n) is 3.61. The lowest BCUT2D eigenvalue weighted by Crippen LogP contribution is -2.39. The fraction of sp³-hybridized carbons (Fsp3) is 0.316. The predicted octanol–water partition coefficient (Wildman–Crippen LogP) is 2.69. The second-order valence-electron chi connectivity index (χ2n) is 6.59. The highest BCUT2D eigenvalue weighted by molar-refractivity contribution is 6.04. The van der Waals surface area contributed by atoms with Crippen molar-refractivity contribution in [2.75, 3.05) is 24.6 Å². The number of ether oxygens (including phenoxy) is 1. The van der Waals surface area contributed by atoms with Crippen LogP contribution < -0.4 is 4.90 Å². The van der Waals surface area contributed by atoms with Gasteiger partial charge in [-0.3, -0.25) is 4.68 Å². The molecule has 1 saturated heterocycles. The number of aromatic nitrogens is 3. The Kier molecular flexibility index (Phi) is 4.27. The summed E-state index contributed by atoms with van der Waals surface area (Å²) in [6.07, 6.45) is 1.10. The molecule has 0 aliphatic carbocycles. The second kappa shape index (κ2) is 6.62. The molecule has 1 aliphatic heterocycles. The molecule has 3 heterocycles. The van der Waals surface area contributed by atoms with Crippen LogP contribution in [0.4, 0.5) is 10.1 Å². The van der Waals surface area contributed by atoms with Gasteiger partial charge >= 0.3 is 5.97 Å². The summed E-state index contributed by atoms with van der Waals surface area (Å²) in [5, 5.41) is 14.8. The standard InChI is InChI=1S/C19H19FN4O3/c1-11-16-17(14(19(25)26)9-21-18(16)23(2)22-11)24-7-8-27-15(10-24)12-3-5-13(20)6-4-12/h3-6,9,15H,7-8,10H2,1-2H3,(H,25,26). The topological polar surface area (TPSA) is 80.5 Å². The fourth-order valence-corrected chi connectivity index (χ4v) is 3.61. The molecule has 1 aromatic carbocycles. The largest absolute Gasteiger partial charge is 0.478 e. The third-order valence-electron chi connectivity index (χ3n) is 4.85. The number of hydrogen-bond acceptors (Lipinski definition) is 5. The first-order valence-electron chi connectivity index (χ1n) is 8.63.